The van der Waals surface area contributed by atoms with Crippen LogP contribution in [0.15, 0.2) is 41.4 Å². The number of fused-ring (bicyclic) bond motifs is 2. The van der Waals surface area contributed by atoms with Gasteiger partial charge in [0.05, 0.1) is 49.4 Å². The summed E-state index contributed by atoms with van der Waals surface area (Å²) in [6.45, 7) is 2.07. The third kappa shape index (κ3) is 3.41. The van der Waals surface area contributed by atoms with Crippen LogP contribution >= 0.6 is 11.3 Å². The average Bonchev–Trinajstić information content (AvgIpc) is 3.17. The molecule has 1 heterocycles. The largest absolute Gasteiger partial charge is 0.496 e. The van der Waals surface area contributed by atoms with Crippen LogP contribution in [-0.4, -0.2) is 39.6 Å². The third-order valence-corrected chi connectivity index (χ3v) is 5.79. The quantitative estimate of drug-likeness (QED) is 0.382. The number of benzene rings is 3. The molecule has 0 bridgehead atoms. The van der Waals surface area contributed by atoms with Crippen molar-refractivity contribution in [1.82, 2.24) is 4.98 Å². The monoisotopic (exact) mass is 422 g/mol. The summed E-state index contributed by atoms with van der Waals surface area (Å²) in [5.41, 5.74) is 2.89. The minimum absolute atomic E-state index is 0.627. The fraction of sp³-hybridized carbons (Fsp3) is 0.217. The Balaban J connectivity index is 1.90. The van der Waals surface area contributed by atoms with E-state index in [1.54, 1.807) is 46.0 Å². The Morgan fingerprint density at radius 2 is 1.53 bits per heavy atom. The van der Waals surface area contributed by atoms with Crippen molar-refractivity contribution in [3.8, 4) is 23.0 Å². The fourth-order valence-corrected chi connectivity index (χ4v) is 4.38. The van der Waals surface area contributed by atoms with E-state index in [-0.39, 0.29) is 0 Å². The number of hydrogen-bond acceptors (Lipinski definition) is 7. The fourth-order valence-electron chi connectivity index (χ4n) is 3.47. The maximum absolute atomic E-state index is 5.76. The molecule has 30 heavy (non-hydrogen) atoms. The summed E-state index contributed by atoms with van der Waals surface area (Å²) in [5.74, 6) is 2.60. The first kappa shape index (κ1) is 20.0. The first-order valence-electron chi connectivity index (χ1n) is 9.30. The van der Waals surface area contributed by atoms with E-state index in [0.29, 0.717) is 28.1 Å². The van der Waals surface area contributed by atoms with E-state index < -0.39 is 0 Å². The van der Waals surface area contributed by atoms with Gasteiger partial charge >= 0.3 is 0 Å². The van der Waals surface area contributed by atoms with Gasteiger partial charge in [-0.25, -0.2) is 9.98 Å². The molecule has 1 aromatic heterocycles. The van der Waals surface area contributed by atoms with Gasteiger partial charge in [0, 0.05) is 11.8 Å². The van der Waals surface area contributed by atoms with Crippen LogP contribution in [0.25, 0.3) is 21.0 Å². The molecule has 0 saturated carbocycles. The lowest BCUT2D eigenvalue weighted by molar-refractivity contribution is 0.392. The molecule has 0 amide bonds. The molecule has 0 spiro atoms. The van der Waals surface area contributed by atoms with Crippen LogP contribution in [0.5, 0.6) is 23.0 Å². The Morgan fingerprint density at radius 1 is 0.833 bits per heavy atom. The number of ether oxygens (including phenoxy) is 4. The van der Waals surface area contributed by atoms with Crippen molar-refractivity contribution in [2.45, 2.75) is 6.92 Å². The highest BCUT2D eigenvalue weighted by atomic mass is 32.1. The second-order valence-corrected chi connectivity index (χ2v) is 7.66. The van der Waals surface area contributed by atoms with Crippen molar-refractivity contribution < 1.29 is 18.9 Å². The molecule has 0 aliphatic carbocycles. The Bertz CT molecular complexity index is 1260. The van der Waals surface area contributed by atoms with Crippen LogP contribution < -0.4 is 18.9 Å². The van der Waals surface area contributed by atoms with Crippen LogP contribution in [0.2, 0.25) is 0 Å². The minimum atomic E-state index is 0.627. The van der Waals surface area contributed by atoms with Gasteiger partial charge in [0.1, 0.15) is 23.0 Å². The minimum Gasteiger partial charge on any atom is -0.496 e. The van der Waals surface area contributed by atoms with Crippen molar-refractivity contribution in [2.24, 2.45) is 4.99 Å². The maximum atomic E-state index is 5.76. The zero-order chi connectivity index (χ0) is 21.3. The van der Waals surface area contributed by atoms with Crippen LogP contribution in [0.1, 0.15) is 11.1 Å². The summed E-state index contributed by atoms with van der Waals surface area (Å²) in [4.78, 5) is 9.20. The molecule has 6 nitrogen and oxygen atoms in total. The van der Waals surface area contributed by atoms with Crippen LogP contribution in [0.3, 0.4) is 0 Å². The van der Waals surface area contributed by atoms with Gasteiger partial charge in [0.2, 0.25) is 5.13 Å². The number of hydrogen-bond donors (Lipinski definition) is 0. The first-order chi connectivity index (χ1) is 14.6. The lowest BCUT2D eigenvalue weighted by atomic mass is 10.0. The lowest BCUT2D eigenvalue weighted by Gasteiger charge is -2.17. The van der Waals surface area contributed by atoms with Crippen molar-refractivity contribution in [3.63, 3.8) is 0 Å². The number of aliphatic imine (C=N–C) groups is 1. The lowest BCUT2D eigenvalue weighted by Crippen LogP contribution is -1.99. The SMILES string of the molecule is COc1ccc(OC)c2c(OC)c(C=Nc3nc4ccc(C)cc4s3)cc(OC)c12. The van der Waals surface area contributed by atoms with Gasteiger partial charge in [0.25, 0.3) is 0 Å². The van der Waals surface area contributed by atoms with Crippen molar-refractivity contribution >= 4 is 43.7 Å². The second-order valence-electron chi connectivity index (χ2n) is 6.65. The summed E-state index contributed by atoms with van der Waals surface area (Å²) < 4.78 is 23.7. The van der Waals surface area contributed by atoms with Gasteiger partial charge in [-0.2, -0.15) is 0 Å². The van der Waals surface area contributed by atoms with Gasteiger partial charge in [-0.15, -0.1) is 0 Å². The number of aromatic nitrogens is 1. The normalized spacial score (nSPS) is 11.4. The Morgan fingerprint density at radius 3 is 2.20 bits per heavy atom. The van der Waals surface area contributed by atoms with Gasteiger partial charge in [-0.05, 0) is 42.8 Å². The van der Waals surface area contributed by atoms with Crippen molar-refractivity contribution in [2.75, 3.05) is 28.4 Å². The van der Waals surface area contributed by atoms with E-state index in [1.807, 2.05) is 30.3 Å². The number of nitrogens with zero attached hydrogens (tertiary/aromatic N) is 2. The number of rotatable bonds is 6. The molecule has 7 heteroatoms. The van der Waals surface area contributed by atoms with E-state index in [1.165, 1.54) is 5.56 Å². The zero-order valence-electron chi connectivity index (χ0n) is 17.5. The molecule has 0 aliphatic heterocycles. The molecule has 4 aromatic rings. The molecule has 154 valence electrons. The Kier molecular flexibility index (Phi) is 5.46. The summed E-state index contributed by atoms with van der Waals surface area (Å²) in [6, 6.07) is 11.7. The van der Waals surface area contributed by atoms with Crippen LogP contribution in [0.4, 0.5) is 5.13 Å². The van der Waals surface area contributed by atoms with Crippen molar-refractivity contribution in [3.05, 3.63) is 47.5 Å². The number of thiazole rings is 1. The third-order valence-electron chi connectivity index (χ3n) is 4.86. The van der Waals surface area contributed by atoms with E-state index in [9.17, 15) is 0 Å². The van der Waals surface area contributed by atoms with E-state index in [2.05, 4.69) is 23.0 Å². The molecular formula is C23H22N2O4S. The van der Waals surface area contributed by atoms with Gasteiger partial charge in [0.15, 0.2) is 0 Å². The molecular weight excluding hydrogens is 400 g/mol. The van der Waals surface area contributed by atoms with E-state index in [0.717, 1.165) is 26.6 Å². The zero-order valence-corrected chi connectivity index (χ0v) is 18.3. The van der Waals surface area contributed by atoms with E-state index in [4.69, 9.17) is 18.9 Å². The second kappa shape index (κ2) is 8.20. The highest BCUT2D eigenvalue weighted by molar-refractivity contribution is 7.22. The smallest absolute Gasteiger partial charge is 0.210 e. The van der Waals surface area contributed by atoms with Crippen LogP contribution in [-0.2, 0) is 0 Å². The molecule has 0 N–H and O–H groups in total. The summed E-state index contributed by atoms with van der Waals surface area (Å²) in [6.07, 6.45) is 1.74. The maximum Gasteiger partial charge on any atom is 0.210 e. The van der Waals surface area contributed by atoms with Gasteiger partial charge in [-0.1, -0.05) is 17.4 Å². The predicted molar refractivity (Wildman–Crippen MR) is 122 cm³/mol. The number of aryl methyl sites for hydroxylation is 1. The molecule has 3 aromatic carbocycles. The molecule has 0 saturated heterocycles. The molecule has 0 aliphatic rings. The number of methoxy groups -OCH3 is 4. The summed E-state index contributed by atoms with van der Waals surface area (Å²) >= 11 is 1.55. The van der Waals surface area contributed by atoms with E-state index >= 15 is 0 Å². The van der Waals surface area contributed by atoms with Gasteiger partial charge < -0.3 is 18.9 Å². The predicted octanol–water partition coefficient (Wildman–Crippen LogP) is 5.54. The molecule has 0 unspecified atom stereocenters. The highest BCUT2D eigenvalue weighted by Crippen LogP contribution is 2.46. The molecule has 0 fully saturated rings. The Labute approximate surface area is 178 Å². The highest BCUT2D eigenvalue weighted by Gasteiger charge is 2.20. The average molecular weight is 423 g/mol. The molecule has 0 atom stereocenters. The van der Waals surface area contributed by atoms with Gasteiger partial charge in [-0.3, -0.25) is 0 Å². The molecule has 0 radical (unpaired) electrons. The van der Waals surface area contributed by atoms with Crippen molar-refractivity contribution in [1.29, 1.82) is 0 Å². The summed E-state index contributed by atoms with van der Waals surface area (Å²) in [7, 11) is 6.49. The summed E-state index contributed by atoms with van der Waals surface area (Å²) in [5, 5.41) is 2.22. The standard InChI is InChI=1S/C23H22N2O4S/c1-13-6-7-15-19(10-13)30-23(25-15)24-12-14-11-18(28-4)20-16(26-2)8-9-17(27-3)21(20)22(14)29-5/h6-12H,1-5H3. The molecule has 4 rings (SSSR count). The topological polar surface area (TPSA) is 62.2 Å². The Hall–Kier alpha value is -3.32. The van der Waals surface area contributed by atoms with Crippen LogP contribution in [0, 0.1) is 6.92 Å². The first-order valence-corrected chi connectivity index (χ1v) is 10.1.